The van der Waals surface area contributed by atoms with E-state index < -0.39 is 0 Å². The van der Waals surface area contributed by atoms with Crippen LogP contribution >= 0.6 is 0 Å². The Hall–Kier alpha value is -1.62. The lowest BCUT2D eigenvalue weighted by Gasteiger charge is -2.02. The fourth-order valence-electron chi connectivity index (χ4n) is 1.12. The van der Waals surface area contributed by atoms with Gasteiger partial charge in [-0.05, 0) is 18.9 Å². The van der Waals surface area contributed by atoms with Gasteiger partial charge in [-0.15, -0.1) is 0 Å². The topological polar surface area (TPSA) is 72.8 Å². The first kappa shape index (κ1) is 16.4. The van der Waals surface area contributed by atoms with Crippen LogP contribution in [-0.2, 0) is 19.1 Å². The molecule has 0 saturated heterocycles. The number of aliphatic hydroxyl groups excluding tert-OH is 1. The summed E-state index contributed by atoms with van der Waals surface area (Å²) >= 11 is 0. The van der Waals surface area contributed by atoms with Crippen LogP contribution in [0.4, 0.5) is 0 Å². The number of carbonyl (C=O) groups is 2. The summed E-state index contributed by atoms with van der Waals surface area (Å²) in [5.74, 6) is -0.591. The summed E-state index contributed by atoms with van der Waals surface area (Å²) in [6.45, 7) is 3.76. The molecule has 18 heavy (non-hydrogen) atoms. The third kappa shape index (κ3) is 10.9. The van der Waals surface area contributed by atoms with Gasteiger partial charge in [-0.2, -0.15) is 0 Å². The molecule has 1 N–H and O–H groups in total. The molecule has 0 heterocycles. The minimum absolute atomic E-state index is 0.0651. The van der Waals surface area contributed by atoms with Crippen LogP contribution in [0.15, 0.2) is 24.8 Å². The molecule has 0 aromatic heterocycles. The normalized spacial score (nSPS) is 10.3. The first-order valence-corrected chi connectivity index (χ1v) is 5.88. The zero-order chi connectivity index (χ0) is 13.6. The van der Waals surface area contributed by atoms with Crippen molar-refractivity contribution in [2.75, 3.05) is 19.8 Å². The van der Waals surface area contributed by atoms with Gasteiger partial charge in [0.25, 0.3) is 0 Å². The number of aliphatic hydroxyl groups is 1. The second-order valence-corrected chi connectivity index (χ2v) is 3.52. The molecule has 5 nitrogen and oxygen atoms in total. The maximum atomic E-state index is 11.2. The van der Waals surface area contributed by atoms with Crippen LogP contribution in [0.5, 0.6) is 0 Å². The van der Waals surface area contributed by atoms with Gasteiger partial charge in [0.05, 0.1) is 6.61 Å². The van der Waals surface area contributed by atoms with Crippen LogP contribution in [0, 0.1) is 0 Å². The van der Waals surface area contributed by atoms with Gasteiger partial charge in [-0.25, -0.2) is 0 Å². The summed E-state index contributed by atoms with van der Waals surface area (Å²) in [6, 6.07) is 0. The minimum atomic E-state index is -0.308. The van der Waals surface area contributed by atoms with E-state index in [1.165, 1.54) is 12.2 Å². The Morgan fingerprint density at radius 2 is 1.56 bits per heavy atom. The predicted octanol–water partition coefficient (Wildman–Crippen LogP) is 1.37. The van der Waals surface area contributed by atoms with Gasteiger partial charge < -0.3 is 14.6 Å². The van der Waals surface area contributed by atoms with E-state index in [2.05, 4.69) is 6.58 Å². The summed E-state index contributed by atoms with van der Waals surface area (Å²) in [4.78, 5) is 22.2. The van der Waals surface area contributed by atoms with E-state index in [1.54, 1.807) is 6.08 Å². The minimum Gasteiger partial charge on any atom is -0.461 e. The molecule has 0 unspecified atom stereocenters. The molecule has 0 aliphatic rings. The van der Waals surface area contributed by atoms with Crippen LogP contribution in [0.3, 0.4) is 0 Å². The molecule has 0 bridgehead atoms. The fraction of sp³-hybridized carbons (Fsp3) is 0.538. The molecule has 102 valence electrons. The maximum Gasteiger partial charge on any atom is 0.306 e. The third-order valence-electron chi connectivity index (χ3n) is 1.99. The van der Waals surface area contributed by atoms with Crippen LogP contribution in [0.1, 0.15) is 25.7 Å². The van der Waals surface area contributed by atoms with E-state index in [-0.39, 0.29) is 38.2 Å². The Kier molecular flexibility index (Phi) is 10.8. The smallest absolute Gasteiger partial charge is 0.306 e. The molecule has 0 spiro atoms. The van der Waals surface area contributed by atoms with Crippen molar-refractivity contribution in [2.45, 2.75) is 25.7 Å². The van der Waals surface area contributed by atoms with Crippen molar-refractivity contribution in [3.05, 3.63) is 24.8 Å². The Balaban J connectivity index is 3.42. The highest BCUT2D eigenvalue weighted by atomic mass is 16.5. The first-order valence-electron chi connectivity index (χ1n) is 5.88. The van der Waals surface area contributed by atoms with Gasteiger partial charge >= 0.3 is 11.9 Å². The first-order chi connectivity index (χ1) is 8.70. The molecular weight excluding hydrogens is 236 g/mol. The number of hydrogen-bond donors (Lipinski definition) is 1. The molecule has 0 rings (SSSR count). The average molecular weight is 256 g/mol. The largest absolute Gasteiger partial charge is 0.461 e. The van der Waals surface area contributed by atoms with Gasteiger partial charge in [0, 0.05) is 12.8 Å². The van der Waals surface area contributed by atoms with Gasteiger partial charge in [-0.1, -0.05) is 18.7 Å². The molecular formula is C13H20O5. The summed E-state index contributed by atoms with van der Waals surface area (Å²) in [7, 11) is 0. The second kappa shape index (κ2) is 11.9. The van der Waals surface area contributed by atoms with Crippen molar-refractivity contribution in [2.24, 2.45) is 0 Å². The van der Waals surface area contributed by atoms with Gasteiger partial charge in [0.1, 0.15) is 13.2 Å². The summed E-state index contributed by atoms with van der Waals surface area (Å²) < 4.78 is 9.63. The summed E-state index contributed by atoms with van der Waals surface area (Å²) in [5.41, 5.74) is 0. The van der Waals surface area contributed by atoms with Crippen LogP contribution in [0.25, 0.3) is 0 Å². The maximum absolute atomic E-state index is 11.2. The fourth-order valence-corrected chi connectivity index (χ4v) is 1.12. The SMILES string of the molecule is C=CCOC(=O)CCCCC(=O)OCC=CCO. The Labute approximate surface area is 107 Å². The molecule has 0 saturated carbocycles. The van der Waals surface area contributed by atoms with E-state index in [1.807, 2.05) is 0 Å². The number of esters is 2. The average Bonchev–Trinajstić information content (AvgIpc) is 2.37. The van der Waals surface area contributed by atoms with Crippen LogP contribution in [0.2, 0.25) is 0 Å². The zero-order valence-corrected chi connectivity index (χ0v) is 10.5. The number of rotatable bonds is 10. The van der Waals surface area contributed by atoms with Crippen molar-refractivity contribution < 1.29 is 24.2 Å². The number of hydrogen-bond acceptors (Lipinski definition) is 5. The van der Waals surface area contributed by atoms with E-state index in [4.69, 9.17) is 14.6 Å². The highest BCUT2D eigenvalue weighted by Gasteiger charge is 2.04. The van der Waals surface area contributed by atoms with Gasteiger partial charge in [-0.3, -0.25) is 9.59 Å². The Morgan fingerprint density at radius 3 is 2.06 bits per heavy atom. The zero-order valence-electron chi connectivity index (χ0n) is 10.5. The molecule has 0 radical (unpaired) electrons. The number of unbranched alkanes of at least 4 members (excludes halogenated alkanes) is 1. The molecule has 0 aliphatic carbocycles. The Bertz CT molecular complexity index is 283. The van der Waals surface area contributed by atoms with Crippen molar-refractivity contribution in [1.82, 2.24) is 0 Å². The predicted molar refractivity (Wildman–Crippen MR) is 66.8 cm³/mol. The highest BCUT2D eigenvalue weighted by Crippen LogP contribution is 2.03. The number of ether oxygens (including phenoxy) is 2. The third-order valence-corrected chi connectivity index (χ3v) is 1.99. The summed E-state index contributed by atoms with van der Waals surface area (Å²) in [5, 5.41) is 8.44. The van der Waals surface area contributed by atoms with Crippen LogP contribution in [-0.4, -0.2) is 36.9 Å². The van der Waals surface area contributed by atoms with Crippen molar-refractivity contribution in [3.63, 3.8) is 0 Å². The van der Waals surface area contributed by atoms with E-state index in [0.717, 1.165) is 0 Å². The second-order valence-electron chi connectivity index (χ2n) is 3.52. The molecule has 0 amide bonds. The van der Waals surface area contributed by atoms with Crippen LogP contribution < -0.4 is 0 Å². The molecule has 0 aromatic carbocycles. The molecule has 0 aromatic rings. The van der Waals surface area contributed by atoms with Crippen molar-refractivity contribution >= 4 is 11.9 Å². The van der Waals surface area contributed by atoms with Gasteiger partial charge in [0.2, 0.25) is 0 Å². The Morgan fingerprint density at radius 1 is 1.00 bits per heavy atom. The van der Waals surface area contributed by atoms with Crippen molar-refractivity contribution in [1.29, 1.82) is 0 Å². The molecule has 0 atom stereocenters. The molecule has 5 heteroatoms. The monoisotopic (exact) mass is 256 g/mol. The number of carbonyl (C=O) groups excluding carboxylic acids is 2. The lowest BCUT2D eigenvalue weighted by Crippen LogP contribution is -2.06. The van der Waals surface area contributed by atoms with Crippen molar-refractivity contribution in [3.8, 4) is 0 Å². The molecule has 0 fully saturated rings. The van der Waals surface area contributed by atoms with E-state index >= 15 is 0 Å². The molecule has 0 aliphatic heterocycles. The van der Waals surface area contributed by atoms with Gasteiger partial charge in [0.15, 0.2) is 0 Å². The quantitative estimate of drug-likeness (QED) is 0.363. The van der Waals surface area contributed by atoms with E-state index in [0.29, 0.717) is 19.3 Å². The summed E-state index contributed by atoms with van der Waals surface area (Å²) in [6.07, 6.45) is 6.35. The highest BCUT2D eigenvalue weighted by molar-refractivity contribution is 5.70. The standard InChI is InChI=1S/C13H20O5/c1-2-10-17-12(15)7-3-4-8-13(16)18-11-6-5-9-14/h2,5-6,14H,1,3-4,7-11H2. The lowest BCUT2D eigenvalue weighted by atomic mass is 10.2. The van der Waals surface area contributed by atoms with E-state index in [9.17, 15) is 9.59 Å². The lowest BCUT2D eigenvalue weighted by molar-refractivity contribution is -0.144.